The highest BCUT2D eigenvalue weighted by molar-refractivity contribution is 9.10. The van der Waals surface area contributed by atoms with E-state index >= 15 is 0 Å². The second-order valence-corrected chi connectivity index (χ2v) is 4.36. The molecule has 2 nitrogen and oxygen atoms in total. The minimum Gasteiger partial charge on any atom is -0.366 e. The van der Waals surface area contributed by atoms with Gasteiger partial charge >= 0.3 is 0 Å². The van der Waals surface area contributed by atoms with Gasteiger partial charge in [0, 0.05) is 19.9 Å². The fourth-order valence-corrected chi connectivity index (χ4v) is 2.91. The molecule has 0 saturated carbocycles. The molecule has 2 N–H and O–H groups in total. The van der Waals surface area contributed by atoms with Crippen molar-refractivity contribution in [2.75, 3.05) is 0 Å². The highest BCUT2D eigenvalue weighted by Crippen LogP contribution is 2.32. The molecule has 0 saturated heterocycles. The number of nitrogens with two attached hydrogens (primary N) is 1. The molecule has 0 atom stereocenters. The van der Waals surface area contributed by atoms with Crippen LogP contribution in [-0.4, -0.2) is 5.91 Å². The molecule has 1 aromatic heterocycles. The van der Waals surface area contributed by atoms with Crippen LogP contribution in [0.4, 0.5) is 0 Å². The van der Waals surface area contributed by atoms with Crippen LogP contribution in [-0.2, 0) is 0 Å². The van der Waals surface area contributed by atoms with Crippen molar-refractivity contribution in [2.24, 2.45) is 5.73 Å². The first-order chi connectivity index (χ1) is 6.20. The van der Waals surface area contributed by atoms with Gasteiger partial charge in [-0.05, 0) is 22.0 Å². The van der Waals surface area contributed by atoms with Gasteiger partial charge in [-0.2, -0.15) is 0 Å². The molecule has 1 aromatic carbocycles. The van der Waals surface area contributed by atoms with Crippen molar-refractivity contribution in [3.8, 4) is 0 Å². The third-order valence-corrected chi connectivity index (χ3v) is 3.81. The molecule has 0 aliphatic rings. The van der Waals surface area contributed by atoms with Gasteiger partial charge < -0.3 is 5.73 Å². The summed E-state index contributed by atoms with van der Waals surface area (Å²) in [6.07, 6.45) is 0. The van der Waals surface area contributed by atoms with E-state index in [-0.39, 0.29) is 5.91 Å². The number of rotatable bonds is 1. The first kappa shape index (κ1) is 8.72. The largest absolute Gasteiger partial charge is 0.366 e. The van der Waals surface area contributed by atoms with Crippen LogP contribution >= 0.6 is 27.3 Å². The Balaban J connectivity index is 2.84. The van der Waals surface area contributed by atoms with E-state index in [0.717, 1.165) is 14.6 Å². The maximum atomic E-state index is 11.0. The Hall–Kier alpha value is -0.870. The molecule has 1 amide bonds. The van der Waals surface area contributed by atoms with Gasteiger partial charge in [-0.15, -0.1) is 11.3 Å². The third-order valence-electron chi connectivity index (χ3n) is 1.82. The van der Waals surface area contributed by atoms with Gasteiger partial charge in [0.1, 0.15) is 0 Å². The Kier molecular flexibility index (Phi) is 2.09. The second-order valence-electron chi connectivity index (χ2n) is 2.63. The summed E-state index contributed by atoms with van der Waals surface area (Å²) in [5, 5.41) is 3.00. The highest BCUT2D eigenvalue weighted by Gasteiger charge is 2.09. The standard InChI is InChI=1S/C9H6BrNOS/c10-7-4-13-8-5(7)2-1-3-6(8)9(11)12/h1-4H,(H2,11,12). The van der Waals surface area contributed by atoms with Crippen LogP contribution in [0, 0.1) is 0 Å². The van der Waals surface area contributed by atoms with E-state index in [0.29, 0.717) is 5.56 Å². The summed E-state index contributed by atoms with van der Waals surface area (Å²) < 4.78 is 1.96. The van der Waals surface area contributed by atoms with Crippen molar-refractivity contribution in [2.45, 2.75) is 0 Å². The molecule has 2 aromatic rings. The quantitative estimate of drug-likeness (QED) is 0.837. The Morgan fingerprint density at radius 2 is 2.23 bits per heavy atom. The Morgan fingerprint density at radius 1 is 1.46 bits per heavy atom. The van der Waals surface area contributed by atoms with Crippen LogP contribution in [0.25, 0.3) is 10.1 Å². The van der Waals surface area contributed by atoms with Crippen molar-refractivity contribution in [1.29, 1.82) is 0 Å². The number of hydrogen-bond donors (Lipinski definition) is 1. The fourth-order valence-electron chi connectivity index (χ4n) is 1.22. The number of halogens is 1. The molecule has 0 unspecified atom stereocenters. The zero-order valence-corrected chi connectivity index (χ0v) is 8.98. The van der Waals surface area contributed by atoms with E-state index in [1.54, 1.807) is 6.07 Å². The van der Waals surface area contributed by atoms with Crippen LogP contribution in [0.3, 0.4) is 0 Å². The summed E-state index contributed by atoms with van der Waals surface area (Å²) in [4.78, 5) is 11.0. The van der Waals surface area contributed by atoms with Crippen molar-refractivity contribution in [3.63, 3.8) is 0 Å². The Morgan fingerprint density at radius 3 is 2.92 bits per heavy atom. The molecule has 0 aliphatic carbocycles. The first-order valence-corrected chi connectivity index (χ1v) is 5.33. The maximum Gasteiger partial charge on any atom is 0.250 e. The van der Waals surface area contributed by atoms with Crippen molar-refractivity contribution < 1.29 is 4.79 Å². The number of carbonyl (C=O) groups is 1. The summed E-state index contributed by atoms with van der Waals surface area (Å²) in [7, 11) is 0. The van der Waals surface area contributed by atoms with Crippen LogP contribution in [0.1, 0.15) is 10.4 Å². The molecular formula is C9H6BrNOS. The summed E-state index contributed by atoms with van der Waals surface area (Å²) in [5.74, 6) is -0.375. The van der Waals surface area contributed by atoms with Gasteiger partial charge in [0.15, 0.2) is 0 Å². The number of fused-ring (bicyclic) bond motifs is 1. The monoisotopic (exact) mass is 255 g/mol. The lowest BCUT2D eigenvalue weighted by Crippen LogP contribution is -2.10. The van der Waals surface area contributed by atoms with Crippen LogP contribution in [0.5, 0.6) is 0 Å². The van der Waals surface area contributed by atoms with Crippen LogP contribution < -0.4 is 5.73 Å². The predicted octanol–water partition coefficient (Wildman–Crippen LogP) is 2.76. The van der Waals surface area contributed by atoms with Crippen molar-refractivity contribution in [3.05, 3.63) is 33.6 Å². The van der Waals surface area contributed by atoms with E-state index in [2.05, 4.69) is 15.9 Å². The molecule has 0 bridgehead atoms. The SMILES string of the molecule is NC(=O)c1cccc2c(Br)csc12. The zero-order valence-electron chi connectivity index (χ0n) is 6.58. The molecule has 4 heteroatoms. The molecular weight excluding hydrogens is 250 g/mol. The third kappa shape index (κ3) is 1.36. The number of primary amides is 1. The van der Waals surface area contributed by atoms with E-state index in [1.807, 2.05) is 17.5 Å². The molecule has 13 heavy (non-hydrogen) atoms. The van der Waals surface area contributed by atoms with Gasteiger partial charge in [0.05, 0.1) is 5.56 Å². The number of benzene rings is 1. The number of hydrogen-bond acceptors (Lipinski definition) is 2. The Bertz CT molecular complexity index is 477. The summed E-state index contributed by atoms with van der Waals surface area (Å²) in [6.45, 7) is 0. The van der Waals surface area contributed by atoms with Gasteiger partial charge in [-0.25, -0.2) is 0 Å². The smallest absolute Gasteiger partial charge is 0.250 e. The number of amides is 1. The van der Waals surface area contributed by atoms with Crippen LogP contribution in [0.2, 0.25) is 0 Å². The normalized spacial score (nSPS) is 10.5. The summed E-state index contributed by atoms with van der Waals surface area (Å²) in [6, 6.07) is 5.54. The topological polar surface area (TPSA) is 43.1 Å². The Labute approximate surface area is 87.5 Å². The average Bonchev–Trinajstić information content (AvgIpc) is 2.48. The van der Waals surface area contributed by atoms with E-state index in [1.165, 1.54) is 11.3 Å². The van der Waals surface area contributed by atoms with E-state index in [4.69, 9.17) is 5.73 Å². The molecule has 0 aliphatic heterocycles. The summed E-state index contributed by atoms with van der Waals surface area (Å²) in [5.41, 5.74) is 5.83. The minimum absolute atomic E-state index is 0.375. The summed E-state index contributed by atoms with van der Waals surface area (Å²) >= 11 is 4.93. The minimum atomic E-state index is -0.375. The van der Waals surface area contributed by atoms with E-state index in [9.17, 15) is 4.79 Å². The van der Waals surface area contributed by atoms with Gasteiger partial charge in [0.2, 0.25) is 5.91 Å². The first-order valence-electron chi connectivity index (χ1n) is 3.65. The number of carbonyl (C=O) groups excluding carboxylic acids is 1. The lowest BCUT2D eigenvalue weighted by Gasteiger charge is -1.96. The molecule has 66 valence electrons. The molecule has 0 spiro atoms. The fraction of sp³-hybridized carbons (Fsp3) is 0. The molecule has 0 radical (unpaired) electrons. The van der Waals surface area contributed by atoms with E-state index < -0.39 is 0 Å². The molecule has 2 rings (SSSR count). The predicted molar refractivity (Wildman–Crippen MR) is 58.0 cm³/mol. The van der Waals surface area contributed by atoms with Gasteiger partial charge in [0.25, 0.3) is 0 Å². The highest BCUT2D eigenvalue weighted by atomic mass is 79.9. The zero-order chi connectivity index (χ0) is 9.42. The average molecular weight is 256 g/mol. The lowest BCUT2D eigenvalue weighted by molar-refractivity contribution is 0.100. The maximum absolute atomic E-state index is 11.0. The van der Waals surface area contributed by atoms with Gasteiger partial charge in [-0.1, -0.05) is 12.1 Å². The van der Waals surface area contributed by atoms with Crippen molar-refractivity contribution >= 4 is 43.3 Å². The molecule has 0 fully saturated rings. The number of thiophene rings is 1. The molecule has 1 heterocycles. The van der Waals surface area contributed by atoms with Gasteiger partial charge in [-0.3, -0.25) is 4.79 Å². The second kappa shape index (κ2) is 3.12. The van der Waals surface area contributed by atoms with Crippen LogP contribution in [0.15, 0.2) is 28.1 Å². The lowest BCUT2D eigenvalue weighted by atomic mass is 10.1. The van der Waals surface area contributed by atoms with Crippen molar-refractivity contribution in [1.82, 2.24) is 0 Å².